The van der Waals surface area contributed by atoms with Crippen molar-refractivity contribution >= 4 is 11.8 Å². The van der Waals surface area contributed by atoms with Gasteiger partial charge in [0.15, 0.2) is 0 Å². The van der Waals surface area contributed by atoms with Crippen molar-refractivity contribution < 1.29 is 5.11 Å². The van der Waals surface area contributed by atoms with E-state index < -0.39 is 0 Å². The molecule has 0 saturated heterocycles. The third-order valence-corrected chi connectivity index (χ3v) is 4.75. The summed E-state index contributed by atoms with van der Waals surface area (Å²) in [7, 11) is 0. The van der Waals surface area contributed by atoms with E-state index >= 15 is 0 Å². The van der Waals surface area contributed by atoms with Crippen LogP contribution in [0.2, 0.25) is 0 Å². The predicted molar refractivity (Wildman–Crippen MR) is 122 cm³/mol. The molecule has 0 fully saturated rings. The number of rotatable bonds is 16. The molecule has 0 radical (unpaired) electrons. The molecule has 1 atom stereocenters. The van der Waals surface area contributed by atoms with Crippen molar-refractivity contribution in [2.24, 2.45) is 0 Å². The molecule has 1 unspecified atom stereocenters. The minimum Gasteiger partial charge on any atom is -0.395 e. The first-order valence-electron chi connectivity index (χ1n) is 9.97. The Hall–Kier alpha value is -1.25. The Morgan fingerprint density at radius 3 is 1.35 bits per heavy atom. The number of hydrogen-bond acceptors (Lipinski definition) is 2. The lowest BCUT2D eigenvalue weighted by Gasteiger charge is -2.08. The second-order valence-corrected chi connectivity index (χ2v) is 7.49. The van der Waals surface area contributed by atoms with E-state index in [1.807, 2.05) is 11.8 Å². The van der Waals surface area contributed by atoms with Crippen LogP contribution in [0.5, 0.6) is 0 Å². The molecule has 0 aromatic heterocycles. The Morgan fingerprint density at radius 1 is 0.615 bits per heavy atom. The topological polar surface area (TPSA) is 20.2 Å². The Morgan fingerprint density at radius 2 is 1.00 bits per heavy atom. The first kappa shape index (κ1) is 24.8. The Kier molecular flexibility index (Phi) is 20.7. The summed E-state index contributed by atoms with van der Waals surface area (Å²) in [6, 6.07) is 0. The summed E-state index contributed by atoms with van der Waals surface area (Å²) in [4.78, 5) is 0. The molecule has 0 heterocycles. The minimum atomic E-state index is 0.268. The van der Waals surface area contributed by atoms with E-state index in [9.17, 15) is 5.11 Å². The van der Waals surface area contributed by atoms with Crippen LogP contribution in [0.3, 0.4) is 0 Å². The molecule has 0 aliphatic rings. The van der Waals surface area contributed by atoms with Gasteiger partial charge in [0.1, 0.15) is 0 Å². The molecule has 1 nitrogen and oxygen atoms in total. The maximum Gasteiger partial charge on any atom is 0.0553 e. The van der Waals surface area contributed by atoms with Crippen LogP contribution >= 0.6 is 11.8 Å². The monoisotopic (exact) mass is 374 g/mol. The SMILES string of the molecule is CC/C=C\C/C=C\C/C=C\C/C=C\C/C=C\C/C=C/CC(CO)SCC. The van der Waals surface area contributed by atoms with E-state index in [4.69, 9.17) is 0 Å². The van der Waals surface area contributed by atoms with Crippen molar-refractivity contribution in [3.63, 3.8) is 0 Å². The van der Waals surface area contributed by atoms with E-state index in [-0.39, 0.29) is 6.61 Å². The second kappa shape index (κ2) is 21.8. The number of thioether (sulfide) groups is 1. The molecule has 0 aromatic rings. The molecule has 2 heteroatoms. The summed E-state index contributed by atoms with van der Waals surface area (Å²) < 4.78 is 0. The standard InChI is InChI=1S/C24H38OS/c1-3-5-6-7-8-9-10-11-12-13-14-15-16-17-18-19-20-21-22-24(23-25)26-4-2/h5-6,8-9,11-12,14-15,17-18,20-21,24-25H,3-4,7,10,13,16,19,22-23H2,1-2H3/b6-5-,9-8-,12-11-,15-14-,18-17-,21-20+. The zero-order valence-electron chi connectivity index (χ0n) is 16.7. The lowest BCUT2D eigenvalue weighted by molar-refractivity contribution is 0.295. The molecule has 0 amide bonds. The quantitative estimate of drug-likeness (QED) is 0.288. The van der Waals surface area contributed by atoms with Crippen molar-refractivity contribution in [1.82, 2.24) is 0 Å². The number of allylic oxidation sites excluding steroid dienone is 12. The highest BCUT2D eigenvalue weighted by atomic mass is 32.2. The van der Waals surface area contributed by atoms with E-state index in [2.05, 4.69) is 86.8 Å². The molecule has 0 aromatic carbocycles. The average molecular weight is 375 g/mol. The van der Waals surface area contributed by atoms with Crippen LogP contribution in [0.25, 0.3) is 0 Å². The number of aliphatic hydroxyl groups is 1. The summed E-state index contributed by atoms with van der Waals surface area (Å²) in [6.45, 7) is 4.56. The van der Waals surface area contributed by atoms with E-state index in [1.165, 1.54) is 0 Å². The maximum absolute atomic E-state index is 9.21. The van der Waals surface area contributed by atoms with Crippen molar-refractivity contribution in [1.29, 1.82) is 0 Å². The summed E-state index contributed by atoms with van der Waals surface area (Å²) in [5.74, 6) is 1.06. The molecule has 0 rings (SSSR count). The van der Waals surface area contributed by atoms with Gasteiger partial charge >= 0.3 is 0 Å². The zero-order chi connectivity index (χ0) is 19.1. The average Bonchev–Trinajstić information content (AvgIpc) is 2.66. The smallest absolute Gasteiger partial charge is 0.0553 e. The van der Waals surface area contributed by atoms with Gasteiger partial charge in [0.2, 0.25) is 0 Å². The fourth-order valence-corrected chi connectivity index (χ4v) is 3.02. The molecule has 0 aliphatic carbocycles. The van der Waals surface area contributed by atoms with Gasteiger partial charge in [0, 0.05) is 5.25 Å². The highest BCUT2D eigenvalue weighted by Crippen LogP contribution is 2.14. The molecule has 1 N–H and O–H groups in total. The first-order chi connectivity index (χ1) is 12.8. The van der Waals surface area contributed by atoms with Crippen molar-refractivity contribution in [3.05, 3.63) is 72.9 Å². The van der Waals surface area contributed by atoms with Crippen LogP contribution in [-0.4, -0.2) is 22.7 Å². The van der Waals surface area contributed by atoms with Gasteiger partial charge in [-0.15, -0.1) is 0 Å². The van der Waals surface area contributed by atoms with Crippen LogP contribution in [-0.2, 0) is 0 Å². The third-order valence-electron chi connectivity index (χ3n) is 3.60. The molecule has 0 saturated carbocycles. The largest absolute Gasteiger partial charge is 0.395 e. The summed E-state index contributed by atoms with van der Waals surface area (Å²) >= 11 is 1.83. The van der Waals surface area contributed by atoms with Gasteiger partial charge in [-0.1, -0.05) is 86.8 Å². The molecule has 0 spiro atoms. The maximum atomic E-state index is 9.21. The van der Waals surface area contributed by atoms with Crippen molar-refractivity contribution in [3.8, 4) is 0 Å². The van der Waals surface area contributed by atoms with Crippen molar-refractivity contribution in [2.45, 2.75) is 64.0 Å². The molecule has 0 aliphatic heterocycles. The molecular formula is C24H38OS. The van der Waals surface area contributed by atoms with E-state index in [0.717, 1.165) is 50.7 Å². The fourth-order valence-electron chi connectivity index (χ4n) is 2.20. The van der Waals surface area contributed by atoms with Gasteiger partial charge in [-0.25, -0.2) is 0 Å². The summed E-state index contributed by atoms with van der Waals surface area (Å²) in [5, 5.41) is 9.57. The normalized spacial score (nSPS) is 14.4. The molecule has 0 bridgehead atoms. The minimum absolute atomic E-state index is 0.268. The van der Waals surface area contributed by atoms with Crippen LogP contribution in [0, 0.1) is 0 Å². The Bertz CT molecular complexity index is 455. The van der Waals surface area contributed by atoms with Gasteiger partial charge in [-0.05, 0) is 50.7 Å². The predicted octanol–water partition coefficient (Wildman–Crippen LogP) is 7.19. The van der Waals surface area contributed by atoms with Crippen LogP contribution in [0.1, 0.15) is 58.8 Å². The fraction of sp³-hybridized carbons (Fsp3) is 0.500. The van der Waals surface area contributed by atoms with E-state index in [0.29, 0.717) is 5.25 Å². The summed E-state index contributed by atoms with van der Waals surface area (Å²) in [5.41, 5.74) is 0. The van der Waals surface area contributed by atoms with Gasteiger partial charge in [0.05, 0.1) is 6.61 Å². The van der Waals surface area contributed by atoms with Gasteiger partial charge in [-0.2, -0.15) is 11.8 Å². The van der Waals surface area contributed by atoms with Gasteiger partial charge < -0.3 is 5.11 Å². The van der Waals surface area contributed by atoms with E-state index in [1.54, 1.807) is 0 Å². The molecule has 146 valence electrons. The highest BCUT2D eigenvalue weighted by molar-refractivity contribution is 7.99. The Balaban J connectivity index is 3.61. The Labute approximate surface area is 166 Å². The lowest BCUT2D eigenvalue weighted by atomic mass is 10.2. The molecule has 26 heavy (non-hydrogen) atoms. The molecular weight excluding hydrogens is 336 g/mol. The first-order valence-corrected chi connectivity index (χ1v) is 11.0. The lowest BCUT2D eigenvalue weighted by Crippen LogP contribution is -2.06. The number of hydrogen-bond donors (Lipinski definition) is 1. The van der Waals surface area contributed by atoms with Crippen molar-refractivity contribution in [2.75, 3.05) is 12.4 Å². The van der Waals surface area contributed by atoms with Crippen LogP contribution in [0.4, 0.5) is 0 Å². The highest BCUT2D eigenvalue weighted by Gasteiger charge is 2.02. The van der Waals surface area contributed by atoms with Crippen LogP contribution in [0.15, 0.2) is 72.9 Å². The third kappa shape index (κ3) is 19.1. The van der Waals surface area contributed by atoms with Crippen LogP contribution < -0.4 is 0 Å². The summed E-state index contributed by atoms with van der Waals surface area (Å²) in [6.07, 6.45) is 33.7. The van der Waals surface area contributed by atoms with Gasteiger partial charge in [0.25, 0.3) is 0 Å². The van der Waals surface area contributed by atoms with Gasteiger partial charge in [-0.3, -0.25) is 0 Å². The number of aliphatic hydroxyl groups excluding tert-OH is 1. The second-order valence-electron chi connectivity index (χ2n) is 5.91. The zero-order valence-corrected chi connectivity index (χ0v) is 17.5.